The number of hydrogen-bond donors (Lipinski definition) is 7. The van der Waals surface area contributed by atoms with E-state index in [1.54, 1.807) is 187 Å². The van der Waals surface area contributed by atoms with Crippen molar-refractivity contribution >= 4 is 126 Å². The van der Waals surface area contributed by atoms with Gasteiger partial charge in [-0.25, -0.2) is 9.59 Å². The molecule has 0 radical (unpaired) electrons. The number of unbranched alkanes of at least 4 members (excludes halogenated alkanes) is 1. The maximum Gasteiger partial charge on any atom is 0.412 e. The van der Waals surface area contributed by atoms with Gasteiger partial charge in [-0.1, -0.05) is 52.6 Å². The Bertz CT molecular complexity index is 3690. The summed E-state index contributed by atoms with van der Waals surface area (Å²) in [5.41, 5.74) is 31.8. The number of nitrogens with one attached hydrogen (secondary N) is 2. The molecule has 2 amide bonds. The van der Waals surface area contributed by atoms with Crippen LogP contribution in [0.2, 0.25) is 0 Å². The molecule has 2 saturated heterocycles. The van der Waals surface area contributed by atoms with Crippen LogP contribution < -0.4 is 43.4 Å². The molecule has 2 aliphatic heterocycles. The van der Waals surface area contributed by atoms with Crippen molar-refractivity contribution in [2.75, 3.05) is 78.4 Å². The molecule has 10 rings (SSSR count). The molecule has 17 nitrogen and oxygen atoms in total. The molecule has 522 valence electrons. The minimum absolute atomic E-state index is 0. The van der Waals surface area contributed by atoms with E-state index in [4.69, 9.17) is 37.5 Å². The third kappa shape index (κ3) is 30.3. The first-order valence-corrected chi connectivity index (χ1v) is 35.3. The summed E-state index contributed by atoms with van der Waals surface area (Å²) in [5, 5.41) is 13.8. The molecule has 0 aliphatic carbocycles. The second-order valence-corrected chi connectivity index (χ2v) is 28.1. The Morgan fingerprint density at radius 2 is 0.551 bits per heavy atom. The number of ether oxygens (including phenoxy) is 2. The number of benzene rings is 8. The molecule has 2 aliphatic rings. The highest BCUT2D eigenvalue weighted by molar-refractivity contribution is 14.1. The Morgan fingerprint density at radius 3 is 0.735 bits per heavy atom. The number of alkyl halides is 2. The normalized spacial score (nSPS) is 12.2. The zero-order chi connectivity index (χ0) is 71.3. The van der Waals surface area contributed by atoms with Gasteiger partial charge in [-0.3, -0.25) is 29.8 Å². The molecule has 2 fully saturated rings. The Balaban J connectivity index is 0.000000266. The van der Waals surface area contributed by atoms with Crippen LogP contribution in [-0.4, -0.2) is 92.3 Å². The number of amides is 2. The molecule has 0 saturated carbocycles. The summed E-state index contributed by atoms with van der Waals surface area (Å²) in [5.74, 6) is -0.126. The molecule has 0 spiro atoms. The van der Waals surface area contributed by atoms with E-state index in [0.29, 0.717) is 73.1 Å². The molecule has 0 atom stereocenters. The topological polar surface area (TPSA) is 276 Å². The van der Waals surface area contributed by atoms with Crippen molar-refractivity contribution in [3.8, 4) is 0 Å². The van der Waals surface area contributed by atoms with Crippen molar-refractivity contribution in [1.29, 1.82) is 0 Å². The summed E-state index contributed by atoms with van der Waals surface area (Å²) in [6, 6.07) is 56.7. The third-order valence-corrected chi connectivity index (χ3v) is 15.5. The van der Waals surface area contributed by atoms with Crippen LogP contribution in [0, 0.1) is 0 Å². The van der Waals surface area contributed by atoms with E-state index >= 15 is 0 Å². The number of nitrogens with zero attached hydrogens (tertiary/aromatic N) is 2. The van der Waals surface area contributed by atoms with Crippen molar-refractivity contribution in [3.05, 3.63) is 239 Å². The predicted octanol–water partition coefficient (Wildman–Crippen LogP) is 17.9. The maximum atomic E-state index is 12.7. The molecule has 11 N–H and O–H groups in total. The fraction of sp³-hybridized carbons (Fsp3) is 0.316. The zero-order valence-electron chi connectivity index (χ0n) is 57.1. The van der Waals surface area contributed by atoms with E-state index in [9.17, 15) is 28.8 Å². The van der Waals surface area contributed by atoms with Gasteiger partial charge in [-0.2, -0.15) is 0 Å². The van der Waals surface area contributed by atoms with Crippen LogP contribution in [0.4, 0.5) is 55.1 Å². The minimum Gasteiger partial charge on any atom is -0.444 e. The summed E-state index contributed by atoms with van der Waals surface area (Å²) < 4.78 is 13.0. The summed E-state index contributed by atoms with van der Waals surface area (Å²) in [6.07, 6.45) is 6.70. The molecule has 8 aromatic rings. The standard InChI is InChI=1S/C22H26N2O3.C18H20N2O3.C17H18N2O.C13H12N2O.C4H8I2.C4H10O.CH4/c1-22(2,3)27-21(26)23-18-10-6-16(7-11-18)20(25)17-8-12-19(13-9-17)24-14-4-5-15-24;1-18(2,3)23-17(22)20-15-10-6-13(7-11-15)16(21)12-4-8-14(19)9-5-12;18-15-7-3-13(4-8-15)17(20)14-5-9-16(10-6-14)19-11-1-2-12-19;14-11-5-1-9(2-6-11)13(16)10-3-7-12(15)8-4-10;5-3-1-2-4-6;1-4(2,3)5;/h6-13H,4-5,14-15H2,1-3H3,(H,23,26);4-11H,19H2,1-3H3,(H,20,22);3-10H,1-2,11-12,18H2;1-8H,14-15H2;1-4H2;5H,1-3H3;1H4. The van der Waals surface area contributed by atoms with E-state index in [1.165, 1.54) is 58.8 Å². The number of rotatable bonds is 15. The smallest absolute Gasteiger partial charge is 0.412 e. The van der Waals surface area contributed by atoms with Crippen LogP contribution in [0.1, 0.15) is 172 Å². The minimum atomic E-state index is -0.560. The number of halogens is 2. The number of nitrogens with two attached hydrogens (primary N) is 4. The number of anilines is 8. The SMILES string of the molecule is C.CC(C)(C)O.CC(C)(C)OC(=O)Nc1ccc(C(=O)c2ccc(N)cc2)cc1.CC(C)(C)OC(=O)Nc1ccc(C(=O)c2ccc(N3CCCC3)cc2)cc1.ICCCCI.Nc1ccc(C(=O)c2ccc(N)cc2)cc1.Nc1ccc(C(=O)c2ccc(N3CCCC3)cc2)cc1. The van der Waals surface area contributed by atoms with Crippen molar-refractivity contribution in [2.24, 2.45) is 0 Å². The second-order valence-electron chi connectivity index (χ2n) is 26.0. The summed E-state index contributed by atoms with van der Waals surface area (Å²) in [4.78, 5) is 77.5. The van der Waals surface area contributed by atoms with E-state index in [1.807, 2.05) is 69.3 Å². The van der Waals surface area contributed by atoms with Gasteiger partial charge in [0.15, 0.2) is 23.1 Å². The van der Waals surface area contributed by atoms with Crippen molar-refractivity contribution < 1.29 is 43.3 Å². The van der Waals surface area contributed by atoms with E-state index in [2.05, 4.69) is 65.6 Å². The largest absolute Gasteiger partial charge is 0.444 e. The lowest BCUT2D eigenvalue weighted by Gasteiger charge is -2.19. The highest BCUT2D eigenvalue weighted by Gasteiger charge is 2.20. The lowest BCUT2D eigenvalue weighted by atomic mass is 10.0. The summed E-state index contributed by atoms with van der Waals surface area (Å²) in [7, 11) is 0. The number of nitrogen functional groups attached to an aromatic ring is 4. The average molecular weight is 1560 g/mol. The molecule has 8 aromatic carbocycles. The van der Waals surface area contributed by atoms with Crippen LogP contribution >= 0.6 is 45.2 Å². The Kier molecular flexibility index (Phi) is 33.5. The molecule has 0 unspecified atom stereocenters. The zero-order valence-corrected chi connectivity index (χ0v) is 61.4. The Hall–Kier alpha value is -8.80. The van der Waals surface area contributed by atoms with E-state index < -0.39 is 29.0 Å². The van der Waals surface area contributed by atoms with E-state index in [0.717, 1.165) is 31.7 Å². The van der Waals surface area contributed by atoms with Crippen molar-refractivity contribution in [3.63, 3.8) is 0 Å². The average Bonchev–Trinajstić information content (AvgIpc) is 1.21. The summed E-state index contributed by atoms with van der Waals surface area (Å²) >= 11 is 4.81. The van der Waals surface area contributed by atoms with Crippen LogP contribution in [0.3, 0.4) is 0 Å². The Labute approximate surface area is 607 Å². The maximum absolute atomic E-state index is 12.7. The highest BCUT2D eigenvalue weighted by atomic mass is 127. The van der Waals surface area contributed by atoms with Gasteiger partial charge in [-0.05, 0) is 304 Å². The van der Waals surface area contributed by atoms with Crippen LogP contribution in [0.25, 0.3) is 0 Å². The molecular weight excluding hydrogens is 1460 g/mol. The summed E-state index contributed by atoms with van der Waals surface area (Å²) in [6.45, 7) is 20.4. The lowest BCUT2D eigenvalue weighted by molar-refractivity contribution is 0.0624. The van der Waals surface area contributed by atoms with Gasteiger partial charge < -0.3 is 47.3 Å². The predicted molar refractivity (Wildman–Crippen MR) is 421 cm³/mol. The van der Waals surface area contributed by atoms with Crippen molar-refractivity contribution in [1.82, 2.24) is 0 Å². The second kappa shape index (κ2) is 40.2. The molecule has 0 bridgehead atoms. The quantitative estimate of drug-likeness (QED) is 0.0165. The first-order chi connectivity index (χ1) is 45.9. The first kappa shape index (κ1) is 81.6. The van der Waals surface area contributed by atoms with Gasteiger partial charge in [-0.15, -0.1) is 0 Å². The first-order valence-electron chi connectivity index (χ1n) is 32.2. The van der Waals surface area contributed by atoms with Gasteiger partial charge in [0.1, 0.15) is 11.2 Å². The van der Waals surface area contributed by atoms with Gasteiger partial charge in [0.25, 0.3) is 0 Å². The Morgan fingerprint density at radius 1 is 0.367 bits per heavy atom. The van der Waals surface area contributed by atoms with Crippen LogP contribution in [0.5, 0.6) is 0 Å². The molecule has 0 aromatic heterocycles. The van der Waals surface area contributed by atoms with Gasteiger partial charge >= 0.3 is 12.2 Å². The molecule has 19 heteroatoms. The fourth-order valence-corrected chi connectivity index (χ4v) is 10.3. The number of hydrogen-bond acceptors (Lipinski definition) is 15. The van der Waals surface area contributed by atoms with Crippen LogP contribution in [-0.2, 0) is 9.47 Å². The van der Waals surface area contributed by atoms with Gasteiger partial charge in [0, 0.05) is 116 Å². The molecular formula is C79H98I2N8O9. The van der Waals surface area contributed by atoms with E-state index in [-0.39, 0.29) is 30.6 Å². The molecule has 2 heterocycles. The number of aliphatic hydroxyl groups is 1. The van der Waals surface area contributed by atoms with Gasteiger partial charge in [0.05, 0.1) is 5.60 Å². The van der Waals surface area contributed by atoms with Crippen molar-refractivity contribution in [2.45, 2.75) is 125 Å². The fourth-order valence-electron chi connectivity index (χ4n) is 9.24. The highest BCUT2D eigenvalue weighted by Crippen LogP contribution is 2.25. The monoisotopic (exact) mass is 1560 g/mol. The van der Waals surface area contributed by atoms with Gasteiger partial charge in [0.2, 0.25) is 0 Å². The number of carbonyl (C=O) groups is 6. The number of carbonyl (C=O) groups excluding carboxylic acids is 6. The molecule has 98 heavy (non-hydrogen) atoms. The lowest BCUT2D eigenvalue weighted by Crippen LogP contribution is -2.27. The third-order valence-electron chi connectivity index (χ3n) is 14.0. The van der Waals surface area contributed by atoms with Crippen LogP contribution in [0.15, 0.2) is 194 Å². The number of ketones is 4.